The van der Waals surface area contributed by atoms with Crippen LogP contribution in [0.2, 0.25) is 10.0 Å². The van der Waals surface area contributed by atoms with Crippen molar-refractivity contribution in [2.24, 2.45) is 4.99 Å². The minimum atomic E-state index is -0.499. The third-order valence-electron chi connectivity index (χ3n) is 4.46. The average molecular weight is 434 g/mol. The number of carbonyl (C=O) groups is 2. The second-order valence-electron chi connectivity index (χ2n) is 6.63. The summed E-state index contributed by atoms with van der Waals surface area (Å²) in [4.78, 5) is 31.8. The highest BCUT2D eigenvalue weighted by atomic mass is 35.5. The van der Waals surface area contributed by atoms with Crippen LogP contribution in [-0.2, 0) is 9.59 Å². The second kappa shape index (κ2) is 8.15. The van der Waals surface area contributed by atoms with Crippen LogP contribution in [0.1, 0.15) is 19.3 Å². The Balaban J connectivity index is 1.49. The average Bonchev–Trinajstić information content (AvgIpc) is 3.46. The summed E-state index contributed by atoms with van der Waals surface area (Å²) in [7, 11) is 0. The molecule has 28 heavy (non-hydrogen) atoms. The van der Waals surface area contributed by atoms with Gasteiger partial charge in [-0.2, -0.15) is 0 Å². The molecule has 1 atom stereocenters. The standard InChI is InChI=1S/C20H17Cl2N3O2S/c21-14-7-4-8-15(18(14)22)24-17(26)11-16-19(27)25(13-9-10-13)20(28-16)23-12-5-2-1-3-6-12/h1-8,13,16H,9-11H2,(H,24,26)/t16-/m0/s1. The fourth-order valence-electron chi connectivity index (χ4n) is 2.94. The molecule has 2 aromatic carbocycles. The number of thioether (sulfide) groups is 1. The molecule has 2 amide bonds. The Morgan fingerprint density at radius 2 is 1.89 bits per heavy atom. The molecule has 2 aliphatic rings. The molecule has 8 heteroatoms. The number of carbonyl (C=O) groups excluding carboxylic acids is 2. The van der Waals surface area contributed by atoms with E-state index in [1.54, 1.807) is 23.1 Å². The van der Waals surface area contributed by atoms with Crippen LogP contribution in [0.5, 0.6) is 0 Å². The van der Waals surface area contributed by atoms with E-state index >= 15 is 0 Å². The molecule has 1 aliphatic heterocycles. The molecule has 1 N–H and O–H groups in total. The molecule has 0 unspecified atom stereocenters. The minimum absolute atomic E-state index is 0.0450. The fourth-order valence-corrected chi connectivity index (χ4v) is 4.51. The highest BCUT2D eigenvalue weighted by Crippen LogP contribution is 2.39. The molecule has 4 rings (SSSR count). The van der Waals surface area contributed by atoms with Gasteiger partial charge in [0.25, 0.3) is 0 Å². The Kier molecular flexibility index (Phi) is 5.62. The van der Waals surface area contributed by atoms with E-state index in [0.717, 1.165) is 18.5 Å². The molecular weight excluding hydrogens is 417 g/mol. The minimum Gasteiger partial charge on any atom is -0.325 e. The van der Waals surface area contributed by atoms with Crippen molar-refractivity contribution < 1.29 is 9.59 Å². The van der Waals surface area contributed by atoms with Gasteiger partial charge >= 0.3 is 0 Å². The zero-order valence-corrected chi connectivity index (χ0v) is 17.1. The Hall–Kier alpha value is -2.02. The molecule has 0 bridgehead atoms. The smallest absolute Gasteiger partial charge is 0.242 e. The van der Waals surface area contributed by atoms with E-state index in [-0.39, 0.29) is 29.3 Å². The van der Waals surface area contributed by atoms with Crippen LogP contribution in [0, 0.1) is 0 Å². The molecular formula is C20H17Cl2N3O2S. The van der Waals surface area contributed by atoms with Crippen LogP contribution >= 0.6 is 35.0 Å². The van der Waals surface area contributed by atoms with Gasteiger partial charge in [0.1, 0.15) is 5.25 Å². The summed E-state index contributed by atoms with van der Waals surface area (Å²) >= 11 is 13.4. The van der Waals surface area contributed by atoms with Crippen LogP contribution in [0.3, 0.4) is 0 Å². The summed E-state index contributed by atoms with van der Waals surface area (Å²) < 4.78 is 0. The van der Waals surface area contributed by atoms with Gasteiger partial charge in [-0.3, -0.25) is 14.5 Å². The number of nitrogens with zero attached hydrogens (tertiary/aromatic N) is 2. The number of halogens is 2. The molecule has 2 aromatic rings. The lowest BCUT2D eigenvalue weighted by molar-refractivity contribution is -0.128. The number of nitrogens with one attached hydrogen (secondary N) is 1. The first-order valence-corrected chi connectivity index (χ1v) is 10.5. The van der Waals surface area contributed by atoms with Crippen molar-refractivity contribution in [2.75, 3.05) is 5.32 Å². The highest BCUT2D eigenvalue weighted by molar-refractivity contribution is 8.15. The first-order valence-electron chi connectivity index (χ1n) is 8.90. The van der Waals surface area contributed by atoms with Crippen LogP contribution < -0.4 is 5.32 Å². The SMILES string of the molecule is O=C(C[C@@H]1SC(=Nc2ccccc2)N(C2CC2)C1=O)Nc1cccc(Cl)c1Cl. The maximum atomic E-state index is 12.9. The molecule has 0 aromatic heterocycles. The Bertz CT molecular complexity index is 948. The molecule has 0 spiro atoms. The van der Waals surface area contributed by atoms with E-state index in [9.17, 15) is 9.59 Å². The van der Waals surface area contributed by atoms with E-state index < -0.39 is 5.25 Å². The Morgan fingerprint density at radius 3 is 2.61 bits per heavy atom. The van der Waals surface area contributed by atoms with E-state index in [4.69, 9.17) is 23.2 Å². The van der Waals surface area contributed by atoms with Gasteiger partial charge < -0.3 is 5.32 Å². The second-order valence-corrected chi connectivity index (χ2v) is 8.58. The summed E-state index contributed by atoms with van der Waals surface area (Å²) in [6.07, 6.45) is 1.98. The number of benzene rings is 2. The summed E-state index contributed by atoms with van der Waals surface area (Å²) in [6.45, 7) is 0. The van der Waals surface area contributed by atoms with Gasteiger partial charge in [0.15, 0.2) is 5.17 Å². The summed E-state index contributed by atoms with van der Waals surface area (Å²) in [5.41, 5.74) is 1.23. The molecule has 2 fully saturated rings. The van der Waals surface area contributed by atoms with Gasteiger partial charge in [-0.25, -0.2) is 4.99 Å². The predicted octanol–water partition coefficient (Wildman–Crippen LogP) is 5.12. The molecule has 5 nitrogen and oxygen atoms in total. The van der Waals surface area contributed by atoms with Crippen molar-refractivity contribution in [1.82, 2.24) is 4.90 Å². The number of anilines is 1. The maximum absolute atomic E-state index is 12.9. The first kappa shape index (κ1) is 19.3. The monoisotopic (exact) mass is 433 g/mol. The summed E-state index contributed by atoms with van der Waals surface area (Å²) in [5, 5.41) is 3.56. The third kappa shape index (κ3) is 4.19. The van der Waals surface area contributed by atoms with Crippen molar-refractivity contribution in [3.63, 3.8) is 0 Å². The van der Waals surface area contributed by atoms with Crippen LogP contribution in [0.25, 0.3) is 0 Å². The van der Waals surface area contributed by atoms with Crippen molar-refractivity contribution in [2.45, 2.75) is 30.6 Å². The molecule has 0 radical (unpaired) electrons. The van der Waals surface area contributed by atoms with Crippen LogP contribution in [0.4, 0.5) is 11.4 Å². The van der Waals surface area contributed by atoms with Gasteiger partial charge in [0.2, 0.25) is 11.8 Å². The molecule has 1 heterocycles. The largest absolute Gasteiger partial charge is 0.325 e. The van der Waals surface area contributed by atoms with E-state index in [2.05, 4.69) is 10.3 Å². The summed E-state index contributed by atoms with van der Waals surface area (Å²) in [6, 6.07) is 14.7. The van der Waals surface area contributed by atoms with Gasteiger partial charge in [-0.1, -0.05) is 59.2 Å². The van der Waals surface area contributed by atoms with E-state index in [1.807, 2.05) is 30.3 Å². The maximum Gasteiger partial charge on any atom is 0.242 e. The number of amidine groups is 1. The van der Waals surface area contributed by atoms with Gasteiger partial charge in [0, 0.05) is 12.5 Å². The highest BCUT2D eigenvalue weighted by Gasteiger charge is 2.46. The van der Waals surface area contributed by atoms with Crippen molar-refractivity contribution in [3.05, 3.63) is 58.6 Å². The molecule has 1 saturated carbocycles. The fraction of sp³-hybridized carbons (Fsp3) is 0.250. The number of hydrogen-bond donors (Lipinski definition) is 1. The topological polar surface area (TPSA) is 61.8 Å². The van der Waals surface area contributed by atoms with Gasteiger partial charge in [-0.15, -0.1) is 0 Å². The first-order chi connectivity index (χ1) is 13.5. The van der Waals surface area contributed by atoms with Gasteiger partial charge in [-0.05, 0) is 37.1 Å². The number of aliphatic imine (C=N–C) groups is 1. The lowest BCUT2D eigenvalue weighted by Gasteiger charge is -2.15. The quantitative estimate of drug-likeness (QED) is 0.711. The van der Waals surface area contributed by atoms with E-state index in [1.165, 1.54) is 11.8 Å². The van der Waals surface area contributed by atoms with Crippen molar-refractivity contribution in [1.29, 1.82) is 0 Å². The van der Waals surface area contributed by atoms with Gasteiger partial charge in [0.05, 0.1) is 21.4 Å². The van der Waals surface area contributed by atoms with Crippen LogP contribution in [-0.4, -0.2) is 33.2 Å². The van der Waals surface area contributed by atoms with E-state index in [0.29, 0.717) is 15.9 Å². The zero-order chi connectivity index (χ0) is 19.7. The summed E-state index contributed by atoms with van der Waals surface area (Å²) in [5.74, 6) is -0.346. The van der Waals surface area contributed by atoms with Crippen molar-refractivity contribution in [3.8, 4) is 0 Å². The Morgan fingerprint density at radius 1 is 1.14 bits per heavy atom. The number of rotatable bonds is 5. The number of hydrogen-bond acceptors (Lipinski definition) is 4. The predicted molar refractivity (Wildman–Crippen MR) is 114 cm³/mol. The lowest BCUT2D eigenvalue weighted by atomic mass is 10.2. The normalized spacial score (nSPS) is 20.6. The third-order valence-corrected chi connectivity index (χ3v) is 6.43. The molecule has 1 saturated heterocycles. The lowest BCUT2D eigenvalue weighted by Crippen LogP contribution is -2.35. The molecule has 144 valence electrons. The number of amides is 2. The zero-order valence-electron chi connectivity index (χ0n) is 14.8. The van der Waals surface area contributed by atoms with Crippen LogP contribution in [0.15, 0.2) is 53.5 Å². The Labute approximate surface area is 177 Å². The van der Waals surface area contributed by atoms with Crippen molar-refractivity contribution >= 4 is 63.3 Å². The molecule has 1 aliphatic carbocycles. The number of para-hydroxylation sites is 1.